The average Bonchev–Trinajstić information content (AvgIpc) is 2.96. The van der Waals surface area contributed by atoms with Gasteiger partial charge in [-0.05, 0) is 30.3 Å². The van der Waals surface area contributed by atoms with Gasteiger partial charge in [-0.25, -0.2) is 4.98 Å². The van der Waals surface area contributed by atoms with Crippen molar-refractivity contribution in [1.29, 1.82) is 0 Å². The summed E-state index contributed by atoms with van der Waals surface area (Å²) in [4.78, 5) is 16.4. The fraction of sp³-hybridized carbons (Fsp3) is 0.0588. The first-order valence-electron chi connectivity index (χ1n) is 6.74. The molecule has 1 heterocycles. The molecular weight excluding hydrogens is 296 g/mol. The Morgan fingerprint density at radius 1 is 1.18 bits per heavy atom. The first kappa shape index (κ1) is 14.3. The van der Waals surface area contributed by atoms with Crippen LogP contribution >= 0.6 is 11.3 Å². The van der Waals surface area contributed by atoms with Crippen LogP contribution in [0.25, 0.3) is 16.3 Å². The van der Waals surface area contributed by atoms with Crippen molar-refractivity contribution in [3.8, 4) is 5.75 Å². The Morgan fingerprint density at radius 2 is 1.95 bits per heavy atom. The van der Waals surface area contributed by atoms with Crippen LogP contribution in [-0.4, -0.2) is 18.0 Å². The Hall–Kier alpha value is -2.66. The molecule has 0 radical (unpaired) electrons. The Labute approximate surface area is 132 Å². The number of ether oxygens (including phenoxy) is 1. The molecule has 4 nitrogen and oxygen atoms in total. The van der Waals surface area contributed by atoms with Crippen LogP contribution in [0, 0.1) is 0 Å². The minimum Gasteiger partial charge on any atom is -0.495 e. The zero-order valence-corrected chi connectivity index (χ0v) is 12.8. The van der Waals surface area contributed by atoms with Gasteiger partial charge >= 0.3 is 0 Å². The summed E-state index contributed by atoms with van der Waals surface area (Å²) in [5.74, 6) is 0.410. The van der Waals surface area contributed by atoms with E-state index >= 15 is 0 Å². The van der Waals surface area contributed by atoms with Crippen molar-refractivity contribution in [3.63, 3.8) is 0 Å². The van der Waals surface area contributed by atoms with Gasteiger partial charge in [-0.15, -0.1) is 11.3 Å². The fourth-order valence-electron chi connectivity index (χ4n) is 2.03. The quantitative estimate of drug-likeness (QED) is 0.742. The van der Waals surface area contributed by atoms with Crippen LogP contribution in [0.1, 0.15) is 5.01 Å². The van der Waals surface area contributed by atoms with E-state index in [9.17, 15) is 4.79 Å². The normalized spacial score (nSPS) is 11.0. The number of thiazole rings is 1. The number of hydrogen-bond acceptors (Lipinski definition) is 4. The highest BCUT2D eigenvalue weighted by atomic mass is 32.1. The highest BCUT2D eigenvalue weighted by Crippen LogP contribution is 2.24. The van der Waals surface area contributed by atoms with Gasteiger partial charge in [0, 0.05) is 6.08 Å². The highest BCUT2D eigenvalue weighted by molar-refractivity contribution is 7.19. The molecule has 0 saturated heterocycles. The molecule has 0 bridgehead atoms. The Morgan fingerprint density at radius 3 is 2.77 bits per heavy atom. The molecule has 0 aliphatic heterocycles. The molecule has 0 aliphatic rings. The lowest BCUT2D eigenvalue weighted by atomic mass is 10.3. The Balaban J connectivity index is 1.73. The topological polar surface area (TPSA) is 51.2 Å². The van der Waals surface area contributed by atoms with E-state index in [-0.39, 0.29) is 5.91 Å². The minimum atomic E-state index is -0.219. The van der Waals surface area contributed by atoms with Gasteiger partial charge in [-0.3, -0.25) is 4.79 Å². The number of nitrogens with zero attached hydrogens (tertiary/aromatic N) is 1. The smallest absolute Gasteiger partial charge is 0.248 e. The van der Waals surface area contributed by atoms with E-state index in [2.05, 4.69) is 10.3 Å². The van der Waals surface area contributed by atoms with E-state index in [0.717, 1.165) is 15.2 Å². The third-order valence-corrected chi connectivity index (χ3v) is 4.05. The predicted octanol–water partition coefficient (Wildman–Crippen LogP) is 3.96. The van der Waals surface area contributed by atoms with Crippen molar-refractivity contribution < 1.29 is 9.53 Å². The van der Waals surface area contributed by atoms with Crippen LogP contribution in [-0.2, 0) is 4.79 Å². The van der Waals surface area contributed by atoms with Gasteiger partial charge in [-0.2, -0.15) is 0 Å². The summed E-state index contributed by atoms with van der Waals surface area (Å²) >= 11 is 1.55. The van der Waals surface area contributed by atoms with Crippen molar-refractivity contribution in [1.82, 2.24) is 4.98 Å². The number of fused-ring (bicyclic) bond motifs is 1. The molecule has 1 amide bonds. The molecule has 1 aromatic heterocycles. The monoisotopic (exact) mass is 310 g/mol. The Bertz CT molecular complexity index is 806. The summed E-state index contributed by atoms with van der Waals surface area (Å²) < 4.78 is 6.30. The average molecular weight is 310 g/mol. The molecule has 5 heteroatoms. The number of nitrogens with one attached hydrogen (secondary N) is 1. The summed E-state index contributed by atoms with van der Waals surface area (Å²) in [6.07, 6.45) is 3.19. The molecule has 0 atom stereocenters. The number of hydrogen-bond donors (Lipinski definition) is 1. The van der Waals surface area contributed by atoms with Crippen molar-refractivity contribution in [3.05, 3.63) is 59.6 Å². The summed E-state index contributed by atoms with van der Waals surface area (Å²) in [5, 5.41) is 3.59. The van der Waals surface area contributed by atoms with Gasteiger partial charge in [0.15, 0.2) is 0 Å². The maximum Gasteiger partial charge on any atom is 0.248 e. The number of carbonyl (C=O) groups is 1. The summed E-state index contributed by atoms with van der Waals surface area (Å²) in [5.41, 5.74) is 1.58. The highest BCUT2D eigenvalue weighted by Gasteiger charge is 2.05. The molecule has 0 aliphatic carbocycles. The molecule has 0 unspecified atom stereocenters. The van der Waals surface area contributed by atoms with E-state index in [1.165, 1.54) is 6.08 Å². The maximum atomic E-state index is 12.0. The summed E-state index contributed by atoms with van der Waals surface area (Å²) in [6.45, 7) is 0. The van der Waals surface area contributed by atoms with E-state index in [1.807, 2.05) is 36.4 Å². The van der Waals surface area contributed by atoms with E-state index < -0.39 is 0 Å². The van der Waals surface area contributed by atoms with Crippen molar-refractivity contribution in [2.45, 2.75) is 0 Å². The standard InChI is InChI=1S/C17H14N2O2S/c1-21-14-8-4-2-6-12(14)18-16(20)10-11-17-19-13-7-3-5-9-15(13)22-17/h2-11H,1H3,(H,18,20). The number of carbonyl (C=O) groups excluding carboxylic acids is 1. The van der Waals surface area contributed by atoms with Crippen LogP contribution in [0.15, 0.2) is 54.6 Å². The molecule has 0 spiro atoms. The van der Waals surface area contributed by atoms with Crippen LogP contribution < -0.4 is 10.1 Å². The van der Waals surface area contributed by atoms with Gasteiger partial charge in [-0.1, -0.05) is 24.3 Å². The van der Waals surface area contributed by atoms with Gasteiger partial charge in [0.2, 0.25) is 5.91 Å². The molecule has 110 valence electrons. The minimum absolute atomic E-state index is 0.219. The lowest BCUT2D eigenvalue weighted by Gasteiger charge is -2.07. The van der Waals surface area contributed by atoms with E-state index in [0.29, 0.717) is 11.4 Å². The second kappa shape index (κ2) is 6.41. The van der Waals surface area contributed by atoms with Crippen LogP contribution in [0.4, 0.5) is 5.69 Å². The predicted molar refractivity (Wildman–Crippen MR) is 90.3 cm³/mol. The van der Waals surface area contributed by atoms with E-state index in [4.69, 9.17) is 4.74 Å². The number of para-hydroxylation sites is 3. The summed E-state index contributed by atoms with van der Waals surface area (Å²) in [6, 6.07) is 15.2. The lowest BCUT2D eigenvalue weighted by molar-refractivity contribution is -0.111. The second-order valence-corrected chi connectivity index (χ2v) is 5.60. The molecular formula is C17H14N2O2S. The molecule has 22 heavy (non-hydrogen) atoms. The Kier molecular flexibility index (Phi) is 4.16. The fourth-order valence-corrected chi connectivity index (χ4v) is 2.90. The number of amides is 1. The van der Waals surface area contributed by atoms with Crippen LogP contribution in [0.3, 0.4) is 0 Å². The van der Waals surface area contributed by atoms with Gasteiger partial charge in [0.05, 0.1) is 23.0 Å². The van der Waals surface area contributed by atoms with Crippen molar-refractivity contribution >= 4 is 39.2 Å². The van der Waals surface area contributed by atoms with Gasteiger partial charge in [0.1, 0.15) is 10.8 Å². The largest absolute Gasteiger partial charge is 0.495 e. The van der Waals surface area contributed by atoms with Gasteiger partial charge < -0.3 is 10.1 Å². The molecule has 0 fully saturated rings. The maximum absolute atomic E-state index is 12.0. The van der Waals surface area contributed by atoms with Crippen LogP contribution in [0.5, 0.6) is 5.75 Å². The first-order valence-corrected chi connectivity index (χ1v) is 7.55. The second-order valence-electron chi connectivity index (χ2n) is 4.54. The van der Waals surface area contributed by atoms with Crippen LogP contribution in [0.2, 0.25) is 0 Å². The molecule has 0 saturated carbocycles. The lowest BCUT2D eigenvalue weighted by Crippen LogP contribution is -2.08. The number of benzene rings is 2. The molecule has 3 rings (SSSR count). The number of anilines is 1. The zero-order valence-electron chi connectivity index (χ0n) is 11.9. The first-order chi connectivity index (χ1) is 10.8. The molecule has 2 aromatic carbocycles. The van der Waals surface area contributed by atoms with Crippen molar-refractivity contribution in [2.75, 3.05) is 12.4 Å². The zero-order chi connectivity index (χ0) is 15.4. The molecule has 3 aromatic rings. The summed E-state index contributed by atoms with van der Waals surface area (Å²) in [7, 11) is 1.57. The third kappa shape index (κ3) is 3.15. The number of methoxy groups -OCH3 is 1. The van der Waals surface area contributed by atoms with Crippen molar-refractivity contribution in [2.24, 2.45) is 0 Å². The van der Waals surface area contributed by atoms with E-state index in [1.54, 1.807) is 36.7 Å². The molecule has 1 N–H and O–H groups in total. The number of rotatable bonds is 4. The third-order valence-electron chi connectivity index (χ3n) is 3.05. The number of aromatic nitrogens is 1. The van der Waals surface area contributed by atoms with Gasteiger partial charge in [0.25, 0.3) is 0 Å². The SMILES string of the molecule is COc1ccccc1NC(=O)C=Cc1nc2ccccc2s1.